The molecule has 0 spiro atoms. The molecule has 1 aromatic rings. The molecule has 1 aromatic carbocycles. The molecular weight excluding hydrogens is 234 g/mol. The van der Waals surface area contributed by atoms with Gasteiger partial charge in [0.25, 0.3) is 0 Å². The van der Waals surface area contributed by atoms with Crippen molar-refractivity contribution in [3.05, 3.63) is 29.8 Å². The van der Waals surface area contributed by atoms with Crippen LogP contribution in [-0.4, -0.2) is 13.7 Å². The van der Waals surface area contributed by atoms with Gasteiger partial charge in [0.2, 0.25) is 0 Å². The van der Waals surface area contributed by atoms with Crippen LogP contribution in [-0.2, 0) is 4.84 Å². The van der Waals surface area contributed by atoms with E-state index < -0.39 is 0 Å². The number of rotatable bonds is 5. The van der Waals surface area contributed by atoms with E-state index >= 15 is 0 Å². The van der Waals surface area contributed by atoms with E-state index in [1.807, 2.05) is 0 Å². The minimum atomic E-state index is 0.528. The summed E-state index contributed by atoms with van der Waals surface area (Å²) in [6.45, 7) is 5.51. The Bertz CT molecular complexity index is 383. The number of anilines is 1. The minimum Gasteiger partial charge on any atom is -0.277 e. The first kappa shape index (κ1) is 14.4. The molecule has 0 saturated heterocycles. The van der Waals surface area contributed by atoms with Crippen molar-refractivity contribution in [3.8, 4) is 0 Å². The van der Waals surface area contributed by atoms with Gasteiger partial charge in [0.1, 0.15) is 0 Å². The molecule has 0 amide bonds. The zero-order valence-electron chi connectivity index (χ0n) is 12.6. The third-order valence-corrected chi connectivity index (χ3v) is 4.20. The first-order valence-corrected chi connectivity index (χ1v) is 7.63. The van der Waals surface area contributed by atoms with Gasteiger partial charge in [0.15, 0.2) is 0 Å². The van der Waals surface area contributed by atoms with Crippen LogP contribution in [0.25, 0.3) is 0 Å². The molecule has 106 valence electrons. The van der Waals surface area contributed by atoms with Crippen LogP contribution in [0, 0.1) is 5.92 Å². The van der Waals surface area contributed by atoms with Crippen LogP contribution < -0.4 is 5.06 Å². The lowest BCUT2D eigenvalue weighted by molar-refractivity contribution is 0.146. The quantitative estimate of drug-likeness (QED) is 0.709. The third-order valence-electron chi connectivity index (χ3n) is 4.20. The Morgan fingerprint density at radius 1 is 1.16 bits per heavy atom. The standard InChI is InChI=1S/C17H27NO/c1-14(2)16-11-7-8-12-17(16)18(19-3)13-15-9-5-4-6-10-15/h7-8,11-12,14-15H,4-6,9-10,13H2,1-3H3. The van der Waals surface area contributed by atoms with Crippen molar-refractivity contribution in [2.24, 2.45) is 5.92 Å². The van der Waals surface area contributed by atoms with Gasteiger partial charge in [-0.05, 0) is 36.3 Å². The van der Waals surface area contributed by atoms with E-state index in [1.54, 1.807) is 7.11 Å². The molecule has 2 heteroatoms. The summed E-state index contributed by atoms with van der Waals surface area (Å²) in [5.41, 5.74) is 2.62. The lowest BCUT2D eigenvalue weighted by Crippen LogP contribution is -2.30. The Kier molecular flexibility index (Phi) is 5.26. The van der Waals surface area contributed by atoms with Crippen molar-refractivity contribution < 1.29 is 4.84 Å². The summed E-state index contributed by atoms with van der Waals surface area (Å²) >= 11 is 0. The Morgan fingerprint density at radius 3 is 2.47 bits per heavy atom. The first-order chi connectivity index (χ1) is 9.22. The molecule has 0 bridgehead atoms. The number of hydrogen-bond donors (Lipinski definition) is 0. The molecule has 19 heavy (non-hydrogen) atoms. The Labute approximate surface area is 117 Å². The van der Waals surface area contributed by atoms with Gasteiger partial charge in [-0.1, -0.05) is 51.3 Å². The molecule has 0 unspecified atom stereocenters. The third kappa shape index (κ3) is 3.73. The average Bonchev–Trinajstić information content (AvgIpc) is 2.46. The van der Waals surface area contributed by atoms with Crippen LogP contribution >= 0.6 is 0 Å². The normalized spacial score (nSPS) is 16.8. The van der Waals surface area contributed by atoms with Gasteiger partial charge in [-0.2, -0.15) is 0 Å². The molecule has 1 saturated carbocycles. The van der Waals surface area contributed by atoms with Crippen molar-refractivity contribution >= 4 is 5.69 Å². The van der Waals surface area contributed by atoms with Gasteiger partial charge in [-0.3, -0.25) is 9.90 Å². The average molecular weight is 261 g/mol. The molecule has 0 atom stereocenters. The van der Waals surface area contributed by atoms with E-state index in [1.165, 1.54) is 43.4 Å². The number of nitrogens with zero attached hydrogens (tertiary/aromatic N) is 1. The van der Waals surface area contributed by atoms with Gasteiger partial charge >= 0.3 is 0 Å². The number of hydroxylamine groups is 1. The van der Waals surface area contributed by atoms with E-state index in [9.17, 15) is 0 Å². The summed E-state index contributed by atoms with van der Waals surface area (Å²) in [4.78, 5) is 5.66. The molecule has 0 N–H and O–H groups in total. The highest BCUT2D eigenvalue weighted by atomic mass is 16.7. The van der Waals surface area contributed by atoms with Crippen LogP contribution in [0.15, 0.2) is 24.3 Å². The summed E-state index contributed by atoms with van der Waals surface area (Å²) in [5, 5.41) is 2.10. The van der Waals surface area contributed by atoms with Crippen molar-refractivity contribution in [2.75, 3.05) is 18.7 Å². The fraction of sp³-hybridized carbons (Fsp3) is 0.647. The maximum atomic E-state index is 5.66. The second-order valence-electron chi connectivity index (χ2n) is 5.96. The maximum Gasteiger partial charge on any atom is 0.0671 e. The highest BCUT2D eigenvalue weighted by Crippen LogP contribution is 2.30. The van der Waals surface area contributed by atoms with Gasteiger partial charge < -0.3 is 0 Å². The Hall–Kier alpha value is -1.02. The van der Waals surface area contributed by atoms with Crippen LogP contribution in [0.3, 0.4) is 0 Å². The van der Waals surface area contributed by atoms with Gasteiger partial charge in [0, 0.05) is 6.54 Å². The van der Waals surface area contributed by atoms with Gasteiger partial charge in [-0.15, -0.1) is 0 Å². The topological polar surface area (TPSA) is 12.5 Å². The molecule has 2 nitrogen and oxygen atoms in total. The molecule has 0 aromatic heterocycles. The summed E-state index contributed by atoms with van der Waals surface area (Å²) in [6.07, 6.45) is 6.88. The monoisotopic (exact) mass is 261 g/mol. The van der Waals surface area contributed by atoms with Crippen molar-refractivity contribution in [2.45, 2.75) is 51.9 Å². The van der Waals surface area contributed by atoms with Crippen LogP contribution in [0.4, 0.5) is 5.69 Å². The summed E-state index contributed by atoms with van der Waals surface area (Å²) in [7, 11) is 1.79. The van der Waals surface area contributed by atoms with Crippen molar-refractivity contribution in [1.29, 1.82) is 0 Å². The SMILES string of the molecule is CON(CC1CCCCC1)c1ccccc1C(C)C. The number of para-hydroxylation sites is 1. The van der Waals surface area contributed by atoms with E-state index in [-0.39, 0.29) is 0 Å². The molecular formula is C17H27NO. The van der Waals surface area contributed by atoms with E-state index in [4.69, 9.17) is 4.84 Å². The zero-order valence-corrected chi connectivity index (χ0v) is 12.6. The summed E-state index contributed by atoms with van der Waals surface area (Å²) in [6, 6.07) is 8.62. The zero-order chi connectivity index (χ0) is 13.7. The molecule has 2 rings (SSSR count). The van der Waals surface area contributed by atoms with Crippen LogP contribution in [0.1, 0.15) is 57.4 Å². The molecule has 1 aliphatic rings. The van der Waals surface area contributed by atoms with Crippen molar-refractivity contribution in [1.82, 2.24) is 0 Å². The first-order valence-electron chi connectivity index (χ1n) is 7.63. The molecule has 1 aliphatic carbocycles. The summed E-state index contributed by atoms with van der Waals surface area (Å²) in [5.74, 6) is 1.31. The van der Waals surface area contributed by atoms with E-state index in [2.05, 4.69) is 43.2 Å². The van der Waals surface area contributed by atoms with E-state index in [0.29, 0.717) is 5.92 Å². The Balaban J connectivity index is 2.12. The molecule has 0 radical (unpaired) electrons. The maximum absolute atomic E-state index is 5.66. The number of benzene rings is 1. The fourth-order valence-corrected chi connectivity index (χ4v) is 3.08. The Morgan fingerprint density at radius 2 is 1.84 bits per heavy atom. The largest absolute Gasteiger partial charge is 0.277 e. The summed E-state index contributed by atoms with van der Waals surface area (Å²) < 4.78 is 0. The predicted molar refractivity (Wildman–Crippen MR) is 81.5 cm³/mol. The second-order valence-corrected chi connectivity index (χ2v) is 5.96. The molecule has 1 fully saturated rings. The van der Waals surface area contributed by atoms with Gasteiger partial charge in [-0.25, -0.2) is 0 Å². The fourth-order valence-electron chi connectivity index (χ4n) is 3.08. The van der Waals surface area contributed by atoms with E-state index in [0.717, 1.165) is 12.5 Å². The second kappa shape index (κ2) is 6.95. The molecule has 0 heterocycles. The highest BCUT2D eigenvalue weighted by Gasteiger charge is 2.19. The smallest absolute Gasteiger partial charge is 0.0671 e. The van der Waals surface area contributed by atoms with Crippen molar-refractivity contribution in [3.63, 3.8) is 0 Å². The van der Waals surface area contributed by atoms with Crippen LogP contribution in [0.2, 0.25) is 0 Å². The van der Waals surface area contributed by atoms with Crippen LogP contribution in [0.5, 0.6) is 0 Å². The predicted octanol–water partition coefficient (Wildman–Crippen LogP) is 4.76. The molecule has 0 aliphatic heterocycles. The lowest BCUT2D eigenvalue weighted by atomic mass is 9.89. The lowest BCUT2D eigenvalue weighted by Gasteiger charge is -2.31. The minimum absolute atomic E-state index is 0.528. The van der Waals surface area contributed by atoms with Gasteiger partial charge in [0.05, 0.1) is 12.8 Å². The number of hydrogen-bond acceptors (Lipinski definition) is 2. The highest BCUT2D eigenvalue weighted by molar-refractivity contribution is 5.53.